The third-order valence-corrected chi connectivity index (χ3v) is 5.17. The highest BCUT2D eigenvalue weighted by atomic mass is 35.7. The van der Waals surface area contributed by atoms with Crippen LogP contribution in [-0.2, 0) is 9.05 Å². The Morgan fingerprint density at radius 2 is 2.00 bits per heavy atom. The fourth-order valence-electron chi connectivity index (χ4n) is 2.63. The average molecular weight is 321 g/mol. The van der Waals surface area contributed by atoms with E-state index in [4.69, 9.17) is 15.8 Å². The molecule has 1 N–H and O–H groups in total. The van der Waals surface area contributed by atoms with E-state index >= 15 is 0 Å². The Balaban J connectivity index is 2.41. The molecule has 1 fully saturated rings. The van der Waals surface area contributed by atoms with Gasteiger partial charge in [-0.2, -0.15) is 5.10 Å². The lowest BCUT2D eigenvalue weighted by atomic mass is 9.76. The molecule has 1 saturated carbocycles. The summed E-state index contributed by atoms with van der Waals surface area (Å²) in [5.74, 6) is -1.34. The van der Waals surface area contributed by atoms with Crippen LogP contribution >= 0.6 is 10.7 Å². The van der Waals surface area contributed by atoms with Gasteiger partial charge in [0.25, 0.3) is 9.05 Å². The van der Waals surface area contributed by atoms with E-state index in [0.717, 1.165) is 31.9 Å². The molecule has 0 spiro atoms. The Labute approximate surface area is 122 Å². The summed E-state index contributed by atoms with van der Waals surface area (Å²) in [6.45, 7) is 4.32. The van der Waals surface area contributed by atoms with Crippen LogP contribution < -0.4 is 0 Å². The van der Waals surface area contributed by atoms with Crippen molar-refractivity contribution >= 4 is 25.7 Å². The molecule has 0 amide bonds. The molecule has 0 radical (unpaired) electrons. The minimum absolute atomic E-state index is 0.125. The fraction of sp³-hybridized carbons (Fsp3) is 0.667. The van der Waals surface area contributed by atoms with Crippen LogP contribution in [0.15, 0.2) is 11.2 Å². The van der Waals surface area contributed by atoms with Gasteiger partial charge in [0.2, 0.25) is 0 Å². The molecule has 1 aliphatic rings. The van der Waals surface area contributed by atoms with Crippen molar-refractivity contribution in [2.24, 2.45) is 5.41 Å². The normalized spacial score (nSPS) is 19.9. The number of carbonyl (C=O) groups is 1. The summed E-state index contributed by atoms with van der Waals surface area (Å²) in [6.07, 6.45) is 4.43. The lowest BCUT2D eigenvalue weighted by Crippen LogP contribution is -2.25. The quantitative estimate of drug-likeness (QED) is 0.865. The lowest BCUT2D eigenvalue weighted by molar-refractivity contribution is 0.0691. The summed E-state index contributed by atoms with van der Waals surface area (Å²) in [6, 6.07) is -0.125. The van der Waals surface area contributed by atoms with Crippen LogP contribution in [0, 0.1) is 5.41 Å². The number of carboxylic acid groups (broad SMARTS) is 1. The van der Waals surface area contributed by atoms with Gasteiger partial charge in [-0.15, -0.1) is 0 Å². The third-order valence-electron chi connectivity index (χ3n) is 3.87. The van der Waals surface area contributed by atoms with Gasteiger partial charge in [-0.05, 0) is 31.1 Å². The van der Waals surface area contributed by atoms with Crippen molar-refractivity contribution in [3.8, 4) is 0 Å². The monoisotopic (exact) mass is 320 g/mol. The summed E-state index contributed by atoms with van der Waals surface area (Å²) in [4.78, 5) is 11.1. The number of hydrogen-bond acceptors (Lipinski definition) is 4. The lowest BCUT2D eigenvalue weighted by Gasteiger charge is -2.34. The van der Waals surface area contributed by atoms with Gasteiger partial charge in [-0.3, -0.25) is 0 Å². The first-order chi connectivity index (χ1) is 9.12. The first kappa shape index (κ1) is 15.3. The molecule has 20 heavy (non-hydrogen) atoms. The molecule has 6 nitrogen and oxygen atoms in total. The number of rotatable bonds is 3. The fourth-order valence-corrected chi connectivity index (χ4v) is 3.91. The van der Waals surface area contributed by atoms with E-state index in [9.17, 15) is 13.2 Å². The van der Waals surface area contributed by atoms with Crippen molar-refractivity contribution in [1.82, 2.24) is 9.78 Å². The first-order valence-corrected chi connectivity index (χ1v) is 8.68. The maximum absolute atomic E-state index is 11.7. The summed E-state index contributed by atoms with van der Waals surface area (Å²) in [5.41, 5.74) is -0.149. The molecule has 1 aliphatic carbocycles. The zero-order chi connectivity index (χ0) is 15.1. The van der Waals surface area contributed by atoms with Gasteiger partial charge in [0.15, 0.2) is 5.03 Å². The van der Waals surface area contributed by atoms with Crippen molar-refractivity contribution in [2.45, 2.75) is 50.6 Å². The van der Waals surface area contributed by atoms with Crippen molar-refractivity contribution < 1.29 is 18.3 Å². The predicted octanol–water partition coefficient (Wildman–Crippen LogP) is 2.65. The molecule has 0 saturated heterocycles. The van der Waals surface area contributed by atoms with Gasteiger partial charge in [-0.25, -0.2) is 17.9 Å². The number of halogens is 1. The molecular formula is C12H17ClN2O4S. The van der Waals surface area contributed by atoms with Gasteiger partial charge in [0.1, 0.15) is 5.56 Å². The van der Waals surface area contributed by atoms with Gasteiger partial charge in [0, 0.05) is 10.7 Å². The molecule has 1 aromatic rings. The second-order valence-electron chi connectivity index (χ2n) is 5.95. The number of nitrogens with zero attached hydrogens (tertiary/aromatic N) is 2. The van der Waals surface area contributed by atoms with Gasteiger partial charge < -0.3 is 5.11 Å². The van der Waals surface area contributed by atoms with Gasteiger partial charge in [-0.1, -0.05) is 13.8 Å². The first-order valence-electron chi connectivity index (χ1n) is 6.37. The average Bonchev–Trinajstić information content (AvgIpc) is 2.73. The highest BCUT2D eigenvalue weighted by molar-refractivity contribution is 8.13. The summed E-state index contributed by atoms with van der Waals surface area (Å²) in [7, 11) is 1.23. The zero-order valence-corrected chi connectivity index (χ0v) is 12.9. The van der Waals surface area contributed by atoms with E-state index in [1.54, 1.807) is 0 Å². The number of hydrogen-bond donors (Lipinski definition) is 1. The highest BCUT2D eigenvalue weighted by Gasteiger charge is 2.34. The molecule has 2 rings (SSSR count). The van der Waals surface area contributed by atoms with E-state index in [1.165, 1.54) is 4.68 Å². The van der Waals surface area contributed by atoms with E-state index in [1.807, 2.05) is 0 Å². The largest absolute Gasteiger partial charge is 0.478 e. The molecule has 0 atom stereocenters. The Morgan fingerprint density at radius 1 is 1.45 bits per heavy atom. The molecule has 8 heteroatoms. The molecule has 0 unspecified atom stereocenters. The maximum Gasteiger partial charge on any atom is 0.340 e. The molecule has 1 heterocycles. The van der Waals surface area contributed by atoms with Crippen LogP contribution in [0.25, 0.3) is 0 Å². The Hall–Kier alpha value is -1.08. The molecular weight excluding hydrogens is 304 g/mol. The standard InChI is InChI=1S/C12H17ClN2O4S/c1-12(2)5-3-8(4-6-12)15-10(20(13,18)19)9(7-14-15)11(16)17/h7-8H,3-6H2,1-2H3,(H,16,17). The summed E-state index contributed by atoms with van der Waals surface area (Å²) < 4.78 is 24.6. The SMILES string of the molecule is CC1(C)CCC(n2ncc(C(=O)O)c2S(=O)(=O)Cl)CC1. The number of carboxylic acids is 1. The van der Waals surface area contributed by atoms with Crippen molar-refractivity contribution in [3.05, 3.63) is 11.8 Å². The minimum atomic E-state index is -4.15. The topological polar surface area (TPSA) is 89.3 Å². The molecule has 0 aromatic carbocycles. The summed E-state index contributed by atoms with van der Waals surface area (Å²) in [5, 5.41) is 12.6. The predicted molar refractivity (Wildman–Crippen MR) is 73.5 cm³/mol. The zero-order valence-electron chi connectivity index (χ0n) is 11.3. The van der Waals surface area contributed by atoms with Crippen LogP contribution in [0.4, 0.5) is 0 Å². The molecule has 1 aromatic heterocycles. The van der Waals surface area contributed by atoms with Gasteiger partial charge >= 0.3 is 5.97 Å². The van der Waals surface area contributed by atoms with Gasteiger partial charge in [0.05, 0.1) is 12.2 Å². The second-order valence-corrected chi connectivity index (χ2v) is 8.43. The Bertz CT molecular complexity index is 626. The van der Waals surface area contributed by atoms with Crippen LogP contribution in [0.3, 0.4) is 0 Å². The van der Waals surface area contributed by atoms with Crippen LogP contribution in [0.5, 0.6) is 0 Å². The Morgan fingerprint density at radius 3 is 2.45 bits per heavy atom. The molecule has 0 bridgehead atoms. The van der Waals surface area contributed by atoms with E-state index in [2.05, 4.69) is 18.9 Å². The van der Waals surface area contributed by atoms with Crippen molar-refractivity contribution in [3.63, 3.8) is 0 Å². The second kappa shape index (κ2) is 5.04. The van der Waals surface area contributed by atoms with Crippen LogP contribution in [-0.4, -0.2) is 29.3 Å². The van der Waals surface area contributed by atoms with Crippen molar-refractivity contribution in [2.75, 3.05) is 0 Å². The van der Waals surface area contributed by atoms with E-state index < -0.39 is 20.0 Å². The minimum Gasteiger partial charge on any atom is -0.478 e. The Kier molecular flexibility index (Phi) is 3.85. The number of aromatic carboxylic acids is 1. The molecule has 112 valence electrons. The van der Waals surface area contributed by atoms with E-state index in [0.29, 0.717) is 0 Å². The molecule has 0 aliphatic heterocycles. The smallest absolute Gasteiger partial charge is 0.340 e. The highest BCUT2D eigenvalue weighted by Crippen LogP contribution is 2.41. The van der Waals surface area contributed by atoms with Crippen LogP contribution in [0.2, 0.25) is 0 Å². The van der Waals surface area contributed by atoms with E-state index in [-0.39, 0.29) is 17.0 Å². The third kappa shape index (κ3) is 2.98. The maximum atomic E-state index is 11.7. The summed E-state index contributed by atoms with van der Waals surface area (Å²) >= 11 is 0. The van der Waals surface area contributed by atoms with Crippen LogP contribution in [0.1, 0.15) is 55.9 Å². The number of aromatic nitrogens is 2. The van der Waals surface area contributed by atoms with Crippen molar-refractivity contribution in [1.29, 1.82) is 0 Å².